The van der Waals surface area contributed by atoms with Crippen molar-refractivity contribution in [3.63, 3.8) is 0 Å². The van der Waals surface area contributed by atoms with Crippen LogP contribution in [0.3, 0.4) is 0 Å². The van der Waals surface area contributed by atoms with Crippen LogP contribution in [-0.2, 0) is 4.79 Å². The number of allylic oxidation sites excluding steroid dienone is 6. The Balaban J connectivity index is 3.19. The average molecular weight is 306 g/mol. The van der Waals surface area contributed by atoms with Gasteiger partial charge in [0.15, 0.2) is 0 Å². The van der Waals surface area contributed by atoms with E-state index >= 15 is 0 Å². The van der Waals surface area contributed by atoms with Gasteiger partial charge in [0.1, 0.15) is 0 Å². The monoisotopic (exact) mass is 306 g/mol. The summed E-state index contributed by atoms with van der Waals surface area (Å²) in [6.45, 7) is 2.15. The van der Waals surface area contributed by atoms with Gasteiger partial charge in [0, 0.05) is 6.42 Å². The fourth-order valence-electron chi connectivity index (χ4n) is 2.22. The standard InChI is InChI=1S/C20H34O2/c1-2-3-4-5-6-7-8-9-10-11-12-13-14-15-16-17-18-19-20(21)22/h3-6,11-12H,2,7-10,13-19H2,1H3,(H,21,22). The normalized spacial score (nSPS) is 12.0. The largest absolute Gasteiger partial charge is 0.481 e. The Morgan fingerprint density at radius 2 is 1.23 bits per heavy atom. The van der Waals surface area contributed by atoms with Crippen molar-refractivity contribution in [1.29, 1.82) is 0 Å². The Morgan fingerprint density at radius 3 is 1.86 bits per heavy atom. The van der Waals surface area contributed by atoms with Crippen LogP contribution in [0, 0.1) is 0 Å². The molecule has 22 heavy (non-hydrogen) atoms. The highest BCUT2D eigenvalue weighted by atomic mass is 16.4. The predicted molar refractivity (Wildman–Crippen MR) is 96.1 cm³/mol. The molecule has 0 bridgehead atoms. The van der Waals surface area contributed by atoms with Crippen LogP contribution in [0.15, 0.2) is 36.5 Å². The van der Waals surface area contributed by atoms with Crippen LogP contribution >= 0.6 is 0 Å². The van der Waals surface area contributed by atoms with Gasteiger partial charge in [-0.15, -0.1) is 0 Å². The highest BCUT2D eigenvalue weighted by molar-refractivity contribution is 5.66. The van der Waals surface area contributed by atoms with Gasteiger partial charge in [-0.05, 0) is 51.4 Å². The van der Waals surface area contributed by atoms with E-state index in [0.29, 0.717) is 6.42 Å². The molecule has 0 atom stereocenters. The fourth-order valence-corrected chi connectivity index (χ4v) is 2.22. The zero-order valence-corrected chi connectivity index (χ0v) is 14.3. The summed E-state index contributed by atoms with van der Waals surface area (Å²) in [5, 5.41) is 8.52. The second kappa shape index (κ2) is 17.7. The van der Waals surface area contributed by atoms with Gasteiger partial charge < -0.3 is 5.11 Å². The molecule has 2 heteroatoms. The molecule has 0 aliphatic carbocycles. The highest BCUT2D eigenvalue weighted by Crippen LogP contribution is 2.08. The van der Waals surface area contributed by atoms with Gasteiger partial charge >= 0.3 is 5.97 Å². The number of aliphatic carboxylic acids is 1. The van der Waals surface area contributed by atoms with Crippen LogP contribution < -0.4 is 0 Å². The predicted octanol–water partition coefficient (Wildman–Crippen LogP) is 6.44. The first-order valence-corrected chi connectivity index (χ1v) is 8.95. The number of carbonyl (C=O) groups is 1. The quantitative estimate of drug-likeness (QED) is 0.215. The molecule has 0 amide bonds. The van der Waals surface area contributed by atoms with E-state index in [1.807, 2.05) is 0 Å². The molecule has 0 aromatic rings. The van der Waals surface area contributed by atoms with Gasteiger partial charge in [-0.3, -0.25) is 4.79 Å². The molecule has 0 rings (SSSR count). The molecule has 1 N–H and O–H groups in total. The van der Waals surface area contributed by atoms with E-state index in [4.69, 9.17) is 5.11 Å². The third kappa shape index (κ3) is 18.7. The summed E-state index contributed by atoms with van der Waals surface area (Å²) in [5.41, 5.74) is 0. The molecule has 0 spiro atoms. The smallest absolute Gasteiger partial charge is 0.303 e. The van der Waals surface area contributed by atoms with E-state index in [0.717, 1.165) is 19.3 Å². The fraction of sp³-hybridized carbons (Fsp3) is 0.650. The molecule has 0 aromatic carbocycles. The Bertz CT molecular complexity index is 327. The van der Waals surface area contributed by atoms with Crippen molar-refractivity contribution in [2.45, 2.75) is 84.0 Å². The Labute approximate surface area is 137 Å². The molecular weight excluding hydrogens is 272 g/mol. The Morgan fingerprint density at radius 1 is 0.727 bits per heavy atom. The van der Waals surface area contributed by atoms with E-state index in [-0.39, 0.29) is 0 Å². The molecule has 0 radical (unpaired) electrons. The van der Waals surface area contributed by atoms with Crippen molar-refractivity contribution in [1.82, 2.24) is 0 Å². The maximum atomic E-state index is 10.3. The first-order chi connectivity index (χ1) is 10.8. The molecule has 126 valence electrons. The van der Waals surface area contributed by atoms with Crippen molar-refractivity contribution in [3.8, 4) is 0 Å². The minimum absolute atomic E-state index is 0.323. The van der Waals surface area contributed by atoms with Gasteiger partial charge in [0.05, 0.1) is 0 Å². The summed E-state index contributed by atoms with van der Waals surface area (Å²) in [5.74, 6) is -0.671. The third-order valence-corrected chi connectivity index (χ3v) is 3.54. The average Bonchev–Trinajstić information content (AvgIpc) is 2.50. The van der Waals surface area contributed by atoms with Crippen molar-refractivity contribution in [3.05, 3.63) is 36.5 Å². The summed E-state index contributed by atoms with van der Waals surface area (Å²) in [7, 11) is 0. The molecule has 0 aliphatic rings. The van der Waals surface area contributed by atoms with E-state index in [2.05, 4.69) is 43.4 Å². The van der Waals surface area contributed by atoms with Crippen molar-refractivity contribution in [2.24, 2.45) is 0 Å². The second-order valence-electron chi connectivity index (χ2n) is 5.72. The first kappa shape index (κ1) is 20.7. The molecule has 2 nitrogen and oxygen atoms in total. The van der Waals surface area contributed by atoms with Crippen LogP contribution in [0.1, 0.15) is 84.0 Å². The van der Waals surface area contributed by atoms with Crippen molar-refractivity contribution in [2.75, 3.05) is 0 Å². The summed E-state index contributed by atoms with van der Waals surface area (Å²) in [6.07, 6.45) is 26.3. The molecule has 0 heterocycles. The number of hydrogen-bond donors (Lipinski definition) is 1. The maximum Gasteiger partial charge on any atom is 0.303 e. The minimum atomic E-state index is -0.671. The third-order valence-electron chi connectivity index (χ3n) is 3.54. The lowest BCUT2D eigenvalue weighted by Gasteiger charge is -1.98. The number of rotatable bonds is 15. The molecular formula is C20H34O2. The van der Waals surface area contributed by atoms with E-state index in [1.165, 1.54) is 51.4 Å². The summed E-state index contributed by atoms with van der Waals surface area (Å²) >= 11 is 0. The van der Waals surface area contributed by atoms with Crippen LogP contribution in [0.2, 0.25) is 0 Å². The maximum absolute atomic E-state index is 10.3. The molecule has 0 unspecified atom stereocenters. The molecule has 0 aromatic heterocycles. The number of unbranched alkanes of at least 4 members (excludes halogenated alkanes) is 8. The van der Waals surface area contributed by atoms with Crippen molar-refractivity contribution >= 4 is 5.97 Å². The topological polar surface area (TPSA) is 37.3 Å². The van der Waals surface area contributed by atoms with Crippen molar-refractivity contribution < 1.29 is 9.90 Å². The summed E-state index contributed by atoms with van der Waals surface area (Å²) in [6, 6.07) is 0. The Hall–Kier alpha value is -1.31. The lowest BCUT2D eigenvalue weighted by molar-refractivity contribution is -0.137. The van der Waals surface area contributed by atoms with Gasteiger partial charge in [-0.2, -0.15) is 0 Å². The highest BCUT2D eigenvalue weighted by Gasteiger charge is 1.95. The SMILES string of the molecule is CCC=CC=CCCCCC=CCCCCCCCC(=O)O. The van der Waals surface area contributed by atoms with Gasteiger partial charge in [-0.1, -0.05) is 62.6 Å². The molecule has 0 fully saturated rings. The zero-order valence-electron chi connectivity index (χ0n) is 14.3. The summed E-state index contributed by atoms with van der Waals surface area (Å²) in [4.78, 5) is 10.3. The lowest BCUT2D eigenvalue weighted by Crippen LogP contribution is -1.93. The van der Waals surface area contributed by atoms with E-state index < -0.39 is 5.97 Å². The molecule has 0 saturated heterocycles. The number of hydrogen-bond acceptors (Lipinski definition) is 1. The van der Waals surface area contributed by atoms with Gasteiger partial charge in [0.2, 0.25) is 0 Å². The molecule has 0 aliphatic heterocycles. The lowest BCUT2D eigenvalue weighted by atomic mass is 10.1. The van der Waals surface area contributed by atoms with Crippen LogP contribution in [0.25, 0.3) is 0 Å². The van der Waals surface area contributed by atoms with Gasteiger partial charge in [-0.25, -0.2) is 0 Å². The zero-order chi connectivity index (χ0) is 16.3. The van der Waals surface area contributed by atoms with Crippen LogP contribution in [0.5, 0.6) is 0 Å². The Kier molecular flexibility index (Phi) is 16.7. The summed E-state index contributed by atoms with van der Waals surface area (Å²) < 4.78 is 0. The van der Waals surface area contributed by atoms with E-state index in [1.54, 1.807) is 0 Å². The first-order valence-electron chi connectivity index (χ1n) is 8.95. The second-order valence-corrected chi connectivity index (χ2v) is 5.72. The number of carboxylic acids is 1. The van der Waals surface area contributed by atoms with Crippen LogP contribution in [-0.4, -0.2) is 11.1 Å². The number of carboxylic acid groups (broad SMARTS) is 1. The van der Waals surface area contributed by atoms with Crippen LogP contribution in [0.4, 0.5) is 0 Å². The van der Waals surface area contributed by atoms with Gasteiger partial charge in [0.25, 0.3) is 0 Å². The minimum Gasteiger partial charge on any atom is -0.481 e. The molecule has 0 saturated carbocycles. The van der Waals surface area contributed by atoms with E-state index in [9.17, 15) is 4.79 Å².